The van der Waals surface area contributed by atoms with Gasteiger partial charge in [0.1, 0.15) is 23.7 Å². The molecule has 1 N–H and O–H groups in total. The Labute approximate surface area is 196 Å². The Hall–Kier alpha value is -4.13. The van der Waals surface area contributed by atoms with Crippen LogP contribution in [0, 0.1) is 22.6 Å². The van der Waals surface area contributed by atoms with E-state index in [1.807, 2.05) is 12.4 Å². The summed E-state index contributed by atoms with van der Waals surface area (Å²) >= 11 is 0. The minimum atomic E-state index is -0.749. The summed E-state index contributed by atoms with van der Waals surface area (Å²) in [5.74, 6) is 0.155. The van der Waals surface area contributed by atoms with E-state index in [0.717, 1.165) is 35.4 Å². The zero-order valence-electron chi connectivity index (χ0n) is 18.7. The summed E-state index contributed by atoms with van der Waals surface area (Å²) in [7, 11) is 0. The Kier molecular flexibility index (Phi) is 6.92. The number of nitrogens with one attached hydrogen (secondary N) is 1. The van der Waals surface area contributed by atoms with Crippen LogP contribution in [0.1, 0.15) is 43.0 Å². The highest BCUT2D eigenvalue weighted by Crippen LogP contribution is 2.22. The van der Waals surface area contributed by atoms with Crippen LogP contribution in [0.2, 0.25) is 0 Å². The van der Waals surface area contributed by atoms with Gasteiger partial charge in [-0.05, 0) is 24.1 Å². The van der Waals surface area contributed by atoms with Crippen LogP contribution < -0.4 is 15.2 Å². The summed E-state index contributed by atoms with van der Waals surface area (Å²) < 4.78 is 21.0. The van der Waals surface area contributed by atoms with Crippen LogP contribution in [0.4, 0.5) is 10.3 Å². The van der Waals surface area contributed by atoms with Crippen LogP contribution in [0.5, 0.6) is 5.75 Å². The van der Waals surface area contributed by atoms with Crippen molar-refractivity contribution < 1.29 is 9.13 Å². The molecule has 0 unspecified atom stereocenters. The monoisotopic (exact) mass is 461 g/mol. The largest absolute Gasteiger partial charge is 0.488 e. The molecule has 3 heterocycles. The molecule has 4 rings (SSSR count). The summed E-state index contributed by atoms with van der Waals surface area (Å²) in [6.45, 7) is 3.52. The number of benzene rings is 1. The van der Waals surface area contributed by atoms with Gasteiger partial charge in [0, 0.05) is 56.7 Å². The number of halogens is 1. The van der Waals surface area contributed by atoms with Crippen molar-refractivity contribution in [2.45, 2.75) is 38.7 Å². The predicted molar refractivity (Wildman–Crippen MR) is 124 cm³/mol. The number of nitrogens with zero attached hydrogens (tertiary/aromatic N) is 6. The van der Waals surface area contributed by atoms with Gasteiger partial charge in [0.25, 0.3) is 5.56 Å². The Balaban J connectivity index is 1.46. The minimum absolute atomic E-state index is 0.127. The van der Waals surface area contributed by atoms with Gasteiger partial charge in [0.05, 0.1) is 11.3 Å². The van der Waals surface area contributed by atoms with Crippen LogP contribution in [0.3, 0.4) is 0 Å². The van der Waals surface area contributed by atoms with E-state index in [9.17, 15) is 9.18 Å². The molecule has 0 spiro atoms. The van der Waals surface area contributed by atoms with E-state index in [1.165, 1.54) is 18.2 Å². The van der Waals surface area contributed by atoms with Crippen LogP contribution in [-0.2, 0) is 6.42 Å². The number of nitriles is 1. The van der Waals surface area contributed by atoms with Crippen molar-refractivity contribution in [3.05, 3.63) is 69.7 Å². The molecule has 0 atom stereocenters. The lowest BCUT2D eigenvalue weighted by molar-refractivity contribution is 0.169. The highest BCUT2D eigenvalue weighted by atomic mass is 19.1. The number of rotatable bonds is 7. The number of ether oxygens (including phenoxy) is 1. The first kappa shape index (κ1) is 23.0. The van der Waals surface area contributed by atoms with E-state index in [2.05, 4.69) is 26.9 Å². The van der Waals surface area contributed by atoms with E-state index in [-0.39, 0.29) is 28.8 Å². The summed E-state index contributed by atoms with van der Waals surface area (Å²) in [6, 6.07) is 6.76. The summed E-state index contributed by atoms with van der Waals surface area (Å²) in [4.78, 5) is 23.7. The average molecular weight is 462 g/mol. The van der Waals surface area contributed by atoms with Crippen LogP contribution in [-0.4, -0.2) is 45.2 Å². The number of aromatic nitrogens is 4. The average Bonchev–Trinajstić information content (AvgIpc) is 2.85. The Bertz CT molecular complexity index is 1280. The first-order valence-electron chi connectivity index (χ1n) is 11.1. The lowest BCUT2D eigenvalue weighted by atomic mass is 10.1. The highest BCUT2D eigenvalue weighted by Gasteiger charge is 2.24. The van der Waals surface area contributed by atoms with Gasteiger partial charge < -0.3 is 15.0 Å². The summed E-state index contributed by atoms with van der Waals surface area (Å²) in [6.07, 6.45) is 7.97. The second kappa shape index (κ2) is 10.2. The van der Waals surface area contributed by atoms with Crippen molar-refractivity contribution in [2.24, 2.45) is 0 Å². The molecule has 1 aromatic carbocycles. The third kappa shape index (κ3) is 4.93. The third-order valence-corrected chi connectivity index (χ3v) is 5.63. The molecule has 2 aromatic heterocycles. The minimum Gasteiger partial charge on any atom is -0.488 e. The second-order valence-corrected chi connectivity index (χ2v) is 8.01. The van der Waals surface area contributed by atoms with Gasteiger partial charge in [0.15, 0.2) is 5.75 Å². The Morgan fingerprint density at radius 2 is 2.00 bits per heavy atom. The fraction of sp³-hybridized carbons (Fsp3) is 0.333. The topological polar surface area (TPSA) is 121 Å². The van der Waals surface area contributed by atoms with Crippen molar-refractivity contribution in [3.8, 4) is 17.5 Å². The molecule has 0 aliphatic carbocycles. The van der Waals surface area contributed by atoms with Gasteiger partial charge in [-0.15, -0.1) is 0 Å². The highest BCUT2D eigenvalue weighted by molar-refractivity contribution is 5.78. The number of aryl methyl sites for hydroxylation is 1. The third-order valence-electron chi connectivity index (χ3n) is 5.63. The summed E-state index contributed by atoms with van der Waals surface area (Å²) in [5.41, 5.74) is 0.783. The summed E-state index contributed by atoms with van der Waals surface area (Å²) in [5, 5.41) is 20.8. The molecule has 9 nitrogen and oxygen atoms in total. The van der Waals surface area contributed by atoms with Crippen molar-refractivity contribution >= 4 is 12.2 Å². The van der Waals surface area contributed by atoms with Crippen molar-refractivity contribution in [1.82, 2.24) is 19.7 Å². The quantitative estimate of drug-likeness (QED) is 0.537. The van der Waals surface area contributed by atoms with Gasteiger partial charge in [0.2, 0.25) is 5.95 Å². The van der Waals surface area contributed by atoms with Gasteiger partial charge in [-0.25, -0.2) is 14.4 Å². The van der Waals surface area contributed by atoms with Crippen molar-refractivity contribution in [3.63, 3.8) is 0 Å². The number of anilines is 1. The molecule has 3 aromatic rings. The predicted octanol–water partition coefficient (Wildman–Crippen LogP) is 3.03. The maximum Gasteiger partial charge on any atom is 0.275 e. The lowest BCUT2D eigenvalue weighted by Gasteiger charge is -2.32. The van der Waals surface area contributed by atoms with E-state index >= 15 is 0 Å². The molecule has 0 radical (unpaired) electrons. The molecule has 0 saturated carbocycles. The second-order valence-electron chi connectivity index (χ2n) is 8.01. The molecule has 10 heteroatoms. The maximum absolute atomic E-state index is 14.0. The molecular weight excluding hydrogens is 437 g/mol. The lowest BCUT2D eigenvalue weighted by Crippen LogP contribution is -2.39. The Morgan fingerprint density at radius 1 is 1.26 bits per heavy atom. The first-order chi connectivity index (χ1) is 16.5. The zero-order valence-corrected chi connectivity index (χ0v) is 18.7. The maximum atomic E-state index is 14.0. The van der Waals surface area contributed by atoms with Crippen molar-refractivity contribution in [2.75, 3.05) is 18.0 Å². The smallest absolute Gasteiger partial charge is 0.275 e. The van der Waals surface area contributed by atoms with Crippen LogP contribution in [0.15, 0.2) is 41.5 Å². The van der Waals surface area contributed by atoms with Crippen LogP contribution >= 0.6 is 0 Å². The van der Waals surface area contributed by atoms with Gasteiger partial charge in [-0.3, -0.25) is 4.79 Å². The van der Waals surface area contributed by atoms with Gasteiger partial charge in [-0.2, -0.15) is 15.0 Å². The molecule has 1 fully saturated rings. The van der Waals surface area contributed by atoms with Crippen molar-refractivity contribution in [1.29, 1.82) is 10.7 Å². The van der Waals surface area contributed by atoms with E-state index in [4.69, 9.17) is 15.4 Å². The normalized spacial score (nSPS) is 14.0. The molecule has 1 aliphatic heterocycles. The molecule has 0 amide bonds. The molecule has 1 saturated heterocycles. The number of hydrogen-bond acceptors (Lipinski definition) is 8. The molecule has 0 bridgehead atoms. The molecule has 174 valence electrons. The fourth-order valence-corrected chi connectivity index (χ4v) is 3.84. The zero-order chi connectivity index (χ0) is 24.1. The van der Waals surface area contributed by atoms with E-state index < -0.39 is 11.4 Å². The fourth-order valence-electron chi connectivity index (χ4n) is 3.84. The molecule has 34 heavy (non-hydrogen) atoms. The number of hydrogen-bond donors (Lipinski definition) is 1. The number of piperidine rings is 1. The molecule has 1 aliphatic rings. The van der Waals surface area contributed by atoms with E-state index in [0.29, 0.717) is 31.9 Å². The van der Waals surface area contributed by atoms with Gasteiger partial charge in [-0.1, -0.05) is 13.3 Å². The standard InChI is InChI=1S/C24H24FN7O2/c1-2-3-16-14-28-24(29-15-16)31-8-6-19(7-9-31)34-22-11-23(33)32(30-21(22)13-27)18-5-4-17(12-26)20(25)10-18/h4-5,10-11,13-15,19,27H,2-3,6-9H2,1H3. The molecular formula is C24H24FN7O2. The first-order valence-corrected chi connectivity index (χ1v) is 11.1. The Morgan fingerprint density at radius 3 is 2.62 bits per heavy atom. The van der Waals surface area contributed by atoms with Gasteiger partial charge >= 0.3 is 0 Å². The van der Waals surface area contributed by atoms with Crippen LogP contribution in [0.25, 0.3) is 5.69 Å². The van der Waals surface area contributed by atoms with E-state index in [1.54, 1.807) is 6.07 Å². The SMILES string of the molecule is CCCc1cnc(N2CCC(Oc3cc(=O)n(-c4ccc(C#N)c(F)c4)nc3C=N)CC2)nc1.